The van der Waals surface area contributed by atoms with Crippen molar-refractivity contribution in [1.82, 2.24) is 5.32 Å². The molecule has 114 valence electrons. The molecule has 1 amide bonds. The molecule has 0 fully saturated rings. The van der Waals surface area contributed by atoms with E-state index in [1.165, 1.54) is 18.2 Å². The molecule has 0 heterocycles. The first-order chi connectivity index (χ1) is 9.93. The lowest BCUT2D eigenvalue weighted by atomic mass is 10.0. The number of carbonyl (C=O) groups excluding carboxylic acids is 1. The molecule has 0 aliphatic heterocycles. The highest BCUT2D eigenvalue weighted by Gasteiger charge is 2.14. The minimum atomic E-state index is -0.457. The lowest BCUT2D eigenvalue weighted by molar-refractivity contribution is 0.0937. The van der Waals surface area contributed by atoms with Gasteiger partial charge in [0.15, 0.2) is 0 Å². The molecule has 0 aliphatic carbocycles. The second kappa shape index (κ2) is 8.43. The van der Waals surface area contributed by atoms with Crippen LogP contribution in [0.4, 0.5) is 4.39 Å². The van der Waals surface area contributed by atoms with E-state index in [9.17, 15) is 9.18 Å². The lowest BCUT2D eigenvalue weighted by Gasteiger charge is -2.15. The van der Waals surface area contributed by atoms with Gasteiger partial charge in [0.2, 0.25) is 0 Å². The Morgan fingerprint density at radius 1 is 1.33 bits per heavy atom. The quantitative estimate of drug-likeness (QED) is 0.820. The fraction of sp³-hybridized carbons (Fsp3) is 0.471. The van der Waals surface area contributed by atoms with E-state index in [2.05, 4.69) is 31.0 Å². The van der Waals surface area contributed by atoms with Crippen molar-refractivity contribution in [2.24, 2.45) is 5.92 Å². The molecular weight excluding hydrogens is 269 g/mol. The summed E-state index contributed by atoms with van der Waals surface area (Å²) in [6.07, 6.45) is 1.92. The molecule has 0 bridgehead atoms. The number of hydrogen-bond donors (Lipinski definition) is 2. The summed E-state index contributed by atoms with van der Waals surface area (Å²) in [5.74, 6) is 4.90. The summed E-state index contributed by atoms with van der Waals surface area (Å²) in [7, 11) is 0. The maximum absolute atomic E-state index is 13.2. The van der Waals surface area contributed by atoms with Gasteiger partial charge in [-0.05, 0) is 43.9 Å². The van der Waals surface area contributed by atoms with Crippen LogP contribution >= 0.6 is 0 Å². The Bertz CT molecular complexity index is 543. The fourth-order valence-electron chi connectivity index (χ4n) is 1.91. The van der Waals surface area contributed by atoms with Gasteiger partial charge in [0.05, 0.1) is 5.56 Å². The number of halogens is 1. The molecule has 0 radical (unpaired) electrons. The highest BCUT2D eigenvalue weighted by atomic mass is 19.1. The maximum Gasteiger partial charge on any atom is 0.252 e. The van der Waals surface area contributed by atoms with Crippen molar-refractivity contribution in [3.63, 3.8) is 0 Å². The van der Waals surface area contributed by atoms with Crippen LogP contribution < -0.4 is 5.32 Å². The molecule has 4 heteroatoms. The van der Waals surface area contributed by atoms with E-state index >= 15 is 0 Å². The van der Waals surface area contributed by atoms with Gasteiger partial charge in [-0.1, -0.05) is 25.7 Å². The molecule has 1 aromatic carbocycles. The molecule has 0 aliphatic rings. The van der Waals surface area contributed by atoms with Crippen molar-refractivity contribution in [2.75, 3.05) is 6.61 Å². The van der Waals surface area contributed by atoms with E-state index in [0.29, 0.717) is 11.5 Å². The summed E-state index contributed by atoms with van der Waals surface area (Å²) in [5.41, 5.74) is 0.617. The van der Waals surface area contributed by atoms with Gasteiger partial charge in [0.1, 0.15) is 12.4 Å². The molecule has 0 saturated carbocycles. The number of aliphatic hydroxyl groups is 1. The van der Waals surface area contributed by atoms with E-state index in [1.54, 1.807) is 0 Å². The van der Waals surface area contributed by atoms with Crippen molar-refractivity contribution in [3.8, 4) is 11.8 Å². The van der Waals surface area contributed by atoms with Crippen molar-refractivity contribution < 1.29 is 14.3 Å². The van der Waals surface area contributed by atoms with Crippen LogP contribution in [0.3, 0.4) is 0 Å². The Morgan fingerprint density at radius 3 is 2.67 bits per heavy atom. The zero-order valence-electron chi connectivity index (χ0n) is 12.7. The fourth-order valence-corrected chi connectivity index (χ4v) is 1.91. The van der Waals surface area contributed by atoms with Gasteiger partial charge < -0.3 is 10.4 Å². The summed E-state index contributed by atoms with van der Waals surface area (Å²) >= 11 is 0. The number of rotatable bonds is 5. The minimum absolute atomic E-state index is 0.0450. The number of aliphatic hydroxyl groups excluding tert-OH is 1. The van der Waals surface area contributed by atoms with Crippen LogP contribution in [0.15, 0.2) is 18.2 Å². The monoisotopic (exact) mass is 291 g/mol. The number of hydrogen-bond acceptors (Lipinski definition) is 2. The predicted molar refractivity (Wildman–Crippen MR) is 81.4 cm³/mol. The van der Waals surface area contributed by atoms with Crippen molar-refractivity contribution >= 4 is 5.91 Å². The highest BCUT2D eigenvalue weighted by molar-refractivity contribution is 5.96. The molecule has 1 unspecified atom stereocenters. The average molecular weight is 291 g/mol. The normalized spacial score (nSPS) is 11.7. The van der Waals surface area contributed by atoms with Gasteiger partial charge in [0, 0.05) is 11.6 Å². The van der Waals surface area contributed by atoms with E-state index in [4.69, 9.17) is 5.11 Å². The Morgan fingerprint density at radius 2 is 2.05 bits per heavy atom. The number of amides is 1. The smallest absolute Gasteiger partial charge is 0.252 e. The van der Waals surface area contributed by atoms with Crippen LogP contribution in [0.25, 0.3) is 0 Å². The highest BCUT2D eigenvalue weighted by Crippen LogP contribution is 2.12. The second-order valence-corrected chi connectivity index (χ2v) is 5.50. The van der Waals surface area contributed by atoms with Crippen LogP contribution in [-0.4, -0.2) is 23.7 Å². The van der Waals surface area contributed by atoms with Gasteiger partial charge >= 0.3 is 0 Å². The van der Waals surface area contributed by atoms with Crippen LogP contribution in [0, 0.1) is 23.6 Å². The molecule has 1 atom stereocenters. The second-order valence-electron chi connectivity index (χ2n) is 5.50. The largest absolute Gasteiger partial charge is 0.384 e. The molecule has 3 nitrogen and oxygen atoms in total. The zero-order chi connectivity index (χ0) is 15.8. The molecular formula is C17H22FNO2. The van der Waals surface area contributed by atoms with Crippen molar-refractivity contribution in [2.45, 2.75) is 39.7 Å². The standard InChI is InChI=1S/C17H22FNO2/c1-12(2)6-7-13(3)19-17(21)16-9-8-15(18)11-14(16)5-4-10-20/h8-9,11-13,20H,6-7,10H2,1-3H3,(H,19,21). The van der Waals surface area contributed by atoms with Crippen molar-refractivity contribution in [1.29, 1.82) is 0 Å². The van der Waals surface area contributed by atoms with E-state index in [0.717, 1.165) is 12.8 Å². The molecule has 2 N–H and O–H groups in total. The third-order valence-electron chi connectivity index (χ3n) is 3.08. The van der Waals surface area contributed by atoms with Crippen LogP contribution in [0.2, 0.25) is 0 Å². The molecule has 0 spiro atoms. The van der Waals surface area contributed by atoms with Gasteiger partial charge in [-0.3, -0.25) is 4.79 Å². The summed E-state index contributed by atoms with van der Waals surface area (Å²) in [6.45, 7) is 5.89. The Hall–Kier alpha value is -1.86. The zero-order valence-corrected chi connectivity index (χ0v) is 12.7. The van der Waals surface area contributed by atoms with Gasteiger partial charge in [0.25, 0.3) is 5.91 Å². The first-order valence-electron chi connectivity index (χ1n) is 7.14. The van der Waals surface area contributed by atoms with E-state index in [1.807, 2.05) is 6.92 Å². The number of benzene rings is 1. The molecule has 1 aromatic rings. The summed E-state index contributed by atoms with van der Waals surface area (Å²) in [6, 6.07) is 3.90. The maximum atomic E-state index is 13.2. The number of carbonyl (C=O) groups is 1. The minimum Gasteiger partial charge on any atom is -0.384 e. The molecule has 1 rings (SSSR count). The third kappa shape index (κ3) is 5.97. The van der Waals surface area contributed by atoms with Crippen LogP contribution in [-0.2, 0) is 0 Å². The number of nitrogens with one attached hydrogen (secondary N) is 1. The van der Waals surface area contributed by atoms with E-state index in [-0.39, 0.29) is 24.1 Å². The average Bonchev–Trinajstić information content (AvgIpc) is 2.42. The molecule has 21 heavy (non-hydrogen) atoms. The van der Waals surface area contributed by atoms with Crippen LogP contribution in [0.5, 0.6) is 0 Å². The Labute approximate surface area is 125 Å². The summed E-state index contributed by atoms with van der Waals surface area (Å²) in [4.78, 5) is 12.2. The molecule has 0 saturated heterocycles. The van der Waals surface area contributed by atoms with Gasteiger partial charge in [-0.2, -0.15) is 0 Å². The van der Waals surface area contributed by atoms with Crippen LogP contribution in [0.1, 0.15) is 49.5 Å². The SMILES string of the molecule is CC(C)CCC(C)NC(=O)c1ccc(F)cc1C#CCO. The lowest BCUT2D eigenvalue weighted by Crippen LogP contribution is -2.33. The van der Waals surface area contributed by atoms with Gasteiger partial charge in [-0.15, -0.1) is 0 Å². The first-order valence-corrected chi connectivity index (χ1v) is 7.14. The predicted octanol–water partition coefficient (Wildman–Crippen LogP) is 2.72. The van der Waals surface area contributed by atoms with Gasteiger partial charge in [-0.25, -0.2) is 4.39 Å². The summed E-state index contributed by atoms with van der Waals surface area (Å²) in [5, 5.41) is 11.6. The topological polar surface area (TPSA) is 49.3 Å². The van der Waals surface area contributed by atoms with E-state index < -0.39 is 5.82 Å². The van der Waals surface area contributed by atoms with Crippen molar-refractivity contribution in [3.05, 3.63) is 35.1 Å². The molecule has 0 aromatic heterocycles. The Kier molecular flexibility index (Phi) is 6.90. The first kappa shape index (κ1) is 17.2. The Balaban J connectivity index is 2.82. The third-order valence-corrected chi connectivity index (χ3v) is 3.08. The summed E-state index contributed by atoms with van der Waals surface area (Å²) < 4.78 is 13.2.